The summed E-state index contributed by atoms with van der Waals surface area (Å²) in [7, 11) is 0. The van der Waals surface area contributed by atoms with Crippen LogP contribution in [0.25, 0.3) is 0 Å². The molecule has 0 unspecified atom stereocenters. The molecule has 0 amide bonds. The van der Waals surface area contributed by atoms with Crippen molar-refractivity contribution < 1.29 is 24.7 Å². The normalized spacial score (nSPS) is 14.5. The fourth-order valence-corrected chi connectivity index (χ4v) is 1.78. The summed E-state index contributed by atoms with van der Waals surface area (Å²) in [5.41, 5.74) is 0.360. The summed E-state index contributed by atoms with van der Waals surface area (Å²) in [6.07, 6.45) is 1.67. The average molecular weight is 263 g/mol. The third-order valence-corrected chi connectivity index (χ3v) is 2.79. The zero-order valence-corrected chi connectivity index (χ0v) is 10.0. The first-order valence-electron chi connectivity index (χ1n) is 5.43. The quantitative estimate of drug-likeness (QED) is 0.802. The van der Waals surface area contributed by atoms with Crippen LogP contribution in [0.15, 0.2) is 30.0 Å². The van der Waals surface area contributed by atoms with Crippen LogP contribution in [0, 0.1) is 4.91 Å². The van der Waals surface area contributed by atoms with Crippen molar-refractivity contribution in [3.8, 4) is 0 Å². The Balaban J connectivity index is 2.49. The molecule has 0 bridgehead atoms. The minimum Gasteiger partial charge on any atom is -0.478 e. The Kier molecular flexibility index (Phi) is 3.04. The molecule has 7 nitrogen and oxygen atoms in total. The van der Waals surface area contributed by atoms with Gasteiger partial charge < -0.3 is 10.2 Å². The highest BCUT2D eigenvalue weighted by Gasteiger charge is 2.32. The van der Waals surface area contributed by atoms with Crippen LogP contribution in [-0.2, 0) is 0 Å². The minimum atomic E-state index is -1.24. The van der Waals surface area contributed by atoms with Gasteiger partial charge in [-0.05, 0) is 18.2 Å². The lowest BCUT2D eigenvalue weighted by Crippen LogP contribution is -2.27. The van der Waals surface area contributed by atoms with Gasteiger partial charge in [-0.3, -0.25) is 0 Å². The number of carbonyl (C=O) groups is 2. The second-order valence-electron chi connectivity index (χ2n) is 4.08. The molecule has 1 aromatic carbocycles. The van der Waals surface area contributed by atoms with Crippen molar-refractivity contribution in [2.45, 2.75) is 6.92 Å². The molecule has 7 heteroatoms. The van der Waals surface area contributed by atoms with E-state index >= 15 is 0 Å². The van der Waals surface area contributed by atoms with E-state index in [1.54, 1.807) is 13.0 Å². The largest absolute Gasteiger partial charge is 0.478 e. The molecule has 1 heterocycles. The van der Waals surface area contributed by atoms with Crippen LogP contribution < -0.4 is 5.01 Å². The summed E-state index contributed by atoms with van der Waals surface area (Å²) >= 11 is 0. The number of aromatic carboxylic acids is 2. The lowest BCUT2D eigenvalue weighted by atomic mass is 10.1. The van der Waals surface area contributed by atoms with Crippen LogP contribution in [0.4, 0.5) is 5.69 Å². The van der Waals surface area contributed by atoms with Crippen molar-refractivity contribution in [3.63, 3.8) is 0 Å². The highest BCUT2D eigenvalue weighted by atomic mass is 16.4. The third kappa shape index (κ3) is 2.30. The molecule has 0 spiro atoms. The maximum atomic E-state index is 11.7. The molecular formula is C12H11N2O5+. The molecule has 98 valence electrons. The second-order valence-corrected chi connectivity index (χ2v) is 4.08. The van der Waals surface area contributed by atoms with E-state index in [4.69, 9.17) is 10.2 Å². The van der Waals surface area contributed by atoms with E-state index in [-0.39, 0.29) is 23.4 Å². The molecule has 0 radical (unpaired) electrons. The number of carboxylic acid groups (broad SMARTS) is 2. The van der Waals surface area contributed by atoms with Crippen molar-refractivity contribution in [1.29, 1.82) is 0 Å². The predicted octanol–water partition coefficient (Wildman–Crippen LogP) is 1.50. The number of rotatable bonds is 3. The third-order valence-electron chi connectivity index (χ3n) is 2.79. The fourth-order valence-electron chi connectivity index (χ4n) is 1.78. The van der Waals surface area contributed by atoms with Crippen LogP contribution in [-0.4, -0.2) is 33.6 Å². The molecule has 1 aromatic rings. The van der Waals surface area contributed by atoms with Crippen molar-refractivity contribution in [1.82, 2.24) is 0 Å². The molecule has 19 heavy (non-hydrogen) atoms. The number of carboxylic acids is 2. The van der Waals surface area contributed by atoms with Gasteiger partial charge in [0, 0.05) is 13.0 Å². The number of nitrogens with zero attached hydrogens (tertiary/aromatic N) is 2. The van der Waals surface area contributed by atoms with E-state index in [2.05, 4.69) is 0 Å². The van der Waals surface area contributed by atoms with Gasteiger partial charge in [0.1, 0.15) is 12.2 Å². The lowest BCUT2D eigenvalue weighted by Gasteiger charge is -2.10. The molecule has 1 aliphatic rings. The Morgan fingerprint density at radius 2 is 1.68 bits per heavy atom. The monoisotopic (exact) mass is 263 g/mol. The molecule has 2 rings (SSSR count). The number of anilines is 1. The van der Waals surface area contributed by atoms with Gasteiger partial charge in [0.25, 0.3) is 5.70 Å². The Morgan fingerprint density at radius 1 is 1.16 bits per heavy atom. The summed E-state index contributed by atoms with van der Waals surface area (Å²) in [5, 5.41) is 19.2. The van der Waals surface area contributed by atoms with E-state index in [1.165, 1.54) is 17.1 Å². The molecule has 0 saturated heterocycles. The van der Waals surface area contributed by atoms with Gasteiger partial charge in [-0.1, -0.05) is 5.01 Å². The maximum absolute atomic E-state index is 11.7. The van der Waals surface area contributed by atoms with Gasteiger partial charge in [-0.15, -0.1) is 0 Å². The molecule has 0 saturated carbocycles. The van der Waals surface area contributed by atoms with E-state index in [1.807, 2.05) is 0 Å². The van der Waals surface area contributed by atoms with Crippen LogP contribution in [0.1, 0.15) is 27.6 Å². The SMILES string of the molecule is CC1=CCN(c2cc(C(=O)O)cc(C(=O)O)c2)[N+]1=O. The maximum Gasteiger partial charge on any atom is 0.335 e. The Morgan fingerprint density at radius 3 is 2.05 bits per heavy atom. The smallest absolute Gasteiger partial charge is 0.335 e. The summed E-state index contributed by atoms with van der Waals surface area (Å²) in [4.78, 5) is 34.3. The first kappa shape index (κ1) is 12.7. The number of hydrazine groups is 1. The number of allylic oxidation sites excluding steroid dienone is 1. The van der Waals surface area contributed by atoms with Gasteiger partial charge in [-0.2, -0.15) is 0 Å². The van der Waals surface area contributed by atoms with Crippen LogP contribution in [0.5, 0.6) is 0 Å². The van der Waals surface area contributed by atoms with Gasteiger partial charge in [-0.25, -0.2) is 9.59 Å². The highest BCUT2D eigenvalue weighted by molar-refractivity contribution is 5.95. The van der Waals surface area contributed by atoms with Gasteiger partial charge in [0.15, 0.2) is 4.87 Å². The van der Waals surface area contributed by atoms with Crippen molar-refractivity contribution in [2.24, 2.45) is 0 Å². The summed E-state index contributed by atoms with van der Waals surface area (Å²) in [6.45, 7) is 1.89. The van der Waals surface area contributed by atoms with Crippen molar-refractivity contribution in [3.05, 3.63) is 46.0 Å². The molecular weight excluding hydrogens is 252 g/mol. The minimum absolute atomic E-state index is 0.173. The predicted molar refractivity (Wildman–Crippen MR) is 65.1 cm³/mol. The molecule has 0 fully saturated rings. The highest BCUT2D eigenvalue weighted by Crippen LogP contribution is 2.24. The van der Waals surface area contributed by atoms with Gasteiger partial charge >= 0.3 is 11.9 Å². The first-order valence-corrected chi connectivity index (χ1v) is 5.43. The molecule has 0 aliphatic carbocycles. The fraction of sp³-hybridized carbons (Fsp3) is 0.167. The number of hydrogen-bond donors (Lipinski definition) is 2. The standard InChI is InChI=1S/C12H10N2O5/c1-7-2-3-13(14(7)19)10-5-8(11(15)16)4-9(6-10)12(17)18/h2,4-6H,3H2,1H3,(H-,15,16,17,18)/p+1. The number of benzene rings is 1. The Bertz CT molecular complexity index is 588. The zero-order chi connectivity index (χ0) is 14.2. The van der Waals surface area contributed by atoms with Crippen LogP contribution in [0.2, 0.25) is 0 Å². The van der Waals surface area contributed by atoms with Crippen LogP contribution >= 0.6 is 0 Å². The van der Waals surface area contributed by atoms with E-state index in [0.717, 1.165) is 6.07 Å². The summed E-state index contributed by atoms with van der Waals surface area (Å²) in [5.74, 6) is -2.49. The van der Waals surface area contributed by atoms with Crippen molar-refractivity contribution >= 4 is 17.6 Å². The van der Waals surface area contributed by atoms with E-state index < -0.39 is 11.9 Å². The average Bonchev–Trinajstić information content (AvgIpc) is 2.69. The lowest BCUT2D eigenvalue weighted by molar-refractivity contribution is -0.502. The Hall–Kier alpha value is -2.70. The first-order chi connectivity index (χ1) is 8.90. The zero-order valence-electron chi connectivity index (χ0n) is 10.0. The number of nitroso groups, excluding NO2 is 1. The topological polar surface area (TPSA) is 97.9 Å². The molecule has 0 atom stereocenters. The van der Waals surface area contributed by atoms with E-state index in [0.29, 0.717) is 10.6 Å². The van der Waals surface area contributed by atoms with Crippen LogP contribution in [0.3, 0.4) is 0 Å². The number of hydrogen-bond acceptors (Lipinski definition) is 3. The molecule has 1 aliphatic heterocycles. The molecule has 0 aromatic heterocycles. The summed E-state index contributed by atoms with van der Waals surface area (Å²) in [6, 6.07) is 3.60. The van der Waals surface area contributed by atoms with Crippen molar-refractivity contribution in [2.75, 3.05) is 11.6 Å². The van der Waals surface area contributed by atoms with Gasteiger partial charge in [0.05, 0.1) is 16.0 Å². The van der Waals surface area contributed by atoms with Gasteiger partial charge in [0.2, 0.25) is 0 Å². The molecule has 2 N–H and O–H groups in total. The van der Waals surface area contributed by atoms with E-state index in [9.17, 15) is 14.5 Å². The Labute approximate surface area is 107 Å². The summed E-state index contributed by atoms with van der Waals surface area (Å²) < 4.78 is 0. The second kappa shape index (κ2) is 4.52.